The number of benzene rings is 1. The first-order valence-corrected chi connectivity index (χ1v) is 6.10. The van der Waals surface area contributed by atoms with Crippen LogP contribution in [0.1, 0.15) is 5.56 Å². The van der Waals surface area contributed by atoms with Crippen LogP contribution in [0.4, 0.5) is 0 Å². The van der Waals surface area contributed by atoms with Crippen LogP contribution in [0.25, 0.3) is 10.9 Å². The molecule has 1 heterocycles. The van der Waals surface area contributed by atoms with Crippen LogP contribution in [0.2, 0.25) is 0 Å². The molecule has 0 unspecified atom stereocenters. The predicted molar refractivity (Wildman–Crippen MR) is 70.0 cm³/mol. The van der Waals surface area contributed by atoms with Crippen LogP contribution in [-0.4, -0.2) is 22.2 Å². The van der Waals surface area contributed by atoms with Crippen molar-refractivity contribution >= 4 is 32.8 Å². The third-order valence-electron chi connectivity index (χ3n) is 2.65. The number of rotatable bonds is 4. The van der Waals surface area contributed by atoms with Gasteiger partial charge in [0.05, 0.1) is 0 Å². The summed E-state index contributed by atoms with van der Waals surface area (Å²) in [6.45, 7) is 0.528. The van der Waals surface area contributed by atoms with Crippen LogP contribution in [0.5, 0.6) is 0 Å². The average Bonchev–Trinajstić information content (AvgIpc) is 2.56. The first kappa shape index (κ1) is 12.1. The van der Waals surface area contributed by atoms with Gasteiger partial charge in [-0.2, -0.15) is 0 Å². The lowest BCUT2D eigenvalue weighted by Gasteiger charge is -2.01. The van der Waals surface area contributed by atoms with Gasteiger partial charge in [0.25, 0.3) is 0 Å². The van der Waals surface area contributed by atoms with Crippen molar-refractivity contribution in [3.63, 3.8) is 0 Å². The normalized spacial score (nSPS) is 10.9. The number of carboxylic acid groups (broad SMARTS) is 1. The molecule has 0 aliphatic carbocycles. The first-order valence-electron chi connectivity index (χ1n) is 5.31. The molecule has 0 bridgehead atoms. The molecule has 0 fully saturated rings. The van der Waals surface area contributed by atoms with E-state index in [0.717, 1.165) is 27.4 Å². The smallest absolute Gasteiger partial charge is 0.323 e. The molecule has 2 rings (SSSR count). The van der Waals surface area contributed by atoms with Crippen molar-refractivity contribution in [1.82, 2.24) is 4.57 Å². The monoisotopic (exact) mass is 296 g/mol. The van der Waals surface area contributed by atoms with Crippen molar-refractivity contribution in [2.24, 2.45) is 5.73 Å². The minimum Gasteiger partial charge on any atom is -0.480 e. The lowest BCUT2D eigenvalue weighted by molar-refractivity contribution is -0.137. The molecule has 0 aliphatic heterocycles. The molecule has 4 nitrogen and oxygen atoms in total. The highest BCUT2D eigenvalue weighted by Crippen LogP contribution is 2.25. The number of fused-ring (bicyclic) bond motifs is 1. The summed E-state index contributed by atoms with van der Waals surface area (Å²) in [6, 6.07) is 5.87. The molecular formula is C12H13BrN2O2. The third-order valence-corrected chi connectivity index (χ3v) is 3.14. The Morgan fingerprint density at radius 1 is 1.47 bits per heavy atom. The van der Waals surface area contributed by atoms with Gasteiger partial charge in [0.2, 0.25) is 0 Å². The Kier molecular flexibility index (Phi) is 3.49. The Morgan fingerprint density at radius 2 is 2.24 bits per heavy atom. The molecular weight excluding hydrogens is 284 g/mol. The van der Waals surface area contributed by atoms with E-state index in [1.165, 1.54) is 0 Å². The van der Waals surface area contributed by atoms with Gasteiger partial charge in [0, 0.05) is 21.6 Å². The maximum Gasteiger partial charge on any atom is 0.323 e. The van der Waals surface area contributed by atoms with Crippen molar-refractivity contribution in [2.75, 3.05) is 6.54 Å². The number of aliphatic carboxylic acids is 1. The fourth-order valence-corrected chi connectivity index (χ4v) is 2.32. The highest BCUT2D eigenvalue weighted by atomic mass is 79.9. The van der Waals surface area contributed by atoms with E-state index in [2.05, 4.69) is 15.9 Å². The zero-order valence-corrected chi connectivity index (χ0v) is 10.8. The summed E-state index contributed by atoms with van der Waals surface area (Å²) in [5, 5.41) is 9.95. The van der Waals surface area contributed by atoms with Crippen molar-refractivity contribution < 1.29 is 9.90 Å². The number of halogens is 1. The Morgan fingerprint density at radius 3 is 2.88 bits per heavy atom. The molecule has 1 aromatic heterocycles. The summed E-state index contributed by atoms with van der Waals surface area (Å²) in [6.07, 6.45) is 2.63. The van der Waals surface area contributed by atoms with E-state index in [4.69, 9.17) is 10.8 Å². The molecule has 2 aromatic rings. The van der Waals surface area contributed by atoms with E-state index in [0.29, 0.717) is 6.54 Å². The number of carbonyl (C=O) groups is 1. The summed E-state index contributed by atoms with van der Waals surface area (Å²) in [7, 11) is 0. The Bertz CT molecular complexity index is 563. The van der Waals surface area contributed by atoms with Crippen LogP contribution >= 0.6 is 15.9 Å². The van der Waals surface area contributed by atoms with Crippen molar-refractivity contribution in [3.8, 4) is 0 Å². The van der Waals surface area contributed by atoms with Gasteiger partial charge in [0.15, 0.2) is 0 Å². The van der Waals surface area contributed by atoms with Crippen LogP contribution < -0.4 is 5.73 Å². The predicted octanol–water partition coefficient (Wildman–Crippen LogP) is 1.99. The number of hydrogen-bond donors (Lipinski definition) is 2. The standard InChI is InChI=1S/C12H13BrN2O2/c13-9-1-2-10-8(3-4-14)6-15(7-12(16)17)11(10)5-9/h1-2,5-6H,3-4,7,14H2,(H,16,17). The second kappa shape index (κ2) is 4.89. The van der Waals surface area contributed by atoms with Crippen molar-refractivity contribution in [1.29, 1.82) is 0 Å². The van der Waals surface area contributed by atoms with Gasteiger partial charge >= 0.3 is 5.97 Å². The van der Waals surface area contributed by atoms with Gasteiger partial charge in [0.1, 0.15) is 6.54 Å². The molecule has 0 spiro atoms. The van der Waals surface area contributed by atoms with Crippen molar-refractivity contribution in [3.05, 3.63) is 34.4 Å². The highest BCUT2D eigenvalue weighted by Gasteiger charge is 2.10. The minimum atomic E-state index is -0.846. The van der Waals surface area contributed by atoms with Gasteiger partial charge < -0.3 is 15.4 Å². The highest BCUT2D eigenvalue weighted by molar-refractivity contribution is 9.10. The van der Waals surface area contributed by atoms with Crippen LogP contribution in [0, 0.1) is 0 Å². The van der Waals surface area contributed by atoms with E-state index >= 15 is 0 Å². The Labute approximate surface area is 107 Å². The summed E-state index contributed by atoms with van der Waals surface area (Å²) in [4.78, 5) is 10.8. The van der Waals surface area contributed by atoms with Gasteiger partial charge in [-0.25, -0.2) is 0 Å². The molecule has 1 aromatic carbocycles. The topological polar surface area (TPSA) is 68.2 Å². The molecule has 0 saturated heterocycles. The molecule has 3 N–H and O–H groups in total. The number of nitrogens with zero attached hydrogens (tertiary/aromatic N) is 1. The summed E-state index contributed by atoms with van der Waals surface area (Å²) in [5.41, 5.74) is 7.57. The van der Waals surface area contributed by atoms with E-state index in [-0.39, 0.29) is 6.54 Å². The molecule has 17 heavy (non-hydrogen) atoms. The van der Waals surface area contributed by atoms with Gasteiger partial charge in [-0.3, -0.25) is 4.79 Å². The number of aromatic nitrogens is 1. The summed E-state index contributed by atoms with van der Waals surface area (Å²) < 4.78 is 2.68. The molecule has 0 aliphatic rings. The molecule has 90 valence electrons. The van der Waals surface area contributed by atoms with E-state index in [9.17, 15) is 4.79 Å². The second-order valence-corrected chi connectivity index (χ2v) is 4.79. The van der Waals surface area contributed by atoms with Crippen molar-refractivity contribution in [2.45, 2.75) is 13.0 Å². The minimum absolute atomic E-state index is 0.0302. The lowest BCUT2D eigenvalue weighted by Crippen LogP contribution is -2.07. The average molecular weight is 297 g/mol. The fourth-order valence-electron chi connectivity index (χ4n) is 1.97. The lowest BCUT2D eigenvalue weighted by atomic mass is 10.1. The number of hydrogen-bond acceptors (Lipinski definition) is 2. The van der Waals surface area contributed by atoms with Gasteiger partial charge in [-0.15, -0.1) is 0 Å². The zero-order chi connectivity index (χ0) is 12.4. The first-order chi connectivity index (χ1) is 8.11. The maximum atomic E-state index is 10.8. The van der Waals surface area contributed by atoms with E-state index in [1.807, 2.05) is 24.4 Å². The van der Waals surface area contributed by atoms with E-state index < -0.39 is 5.97 Å². The summed E-state index contributed by atoms with van der Waals surface area (Å²) in [5.74, 6) is -0.846. The molecule has 0 saturated carbocycles. The third kappa shape index (κ3) is 2.50. The quantitative estimate of drug-likeness (QED) is 0.907. The summed E-state index contributed by atoms with van der Waals surface area (Å²) >= 11 is 3.40. The van der Waals surface area contributed by atoms with Crippen LogP contribution in [0.3, 0.4) is 0 Å². The zero-order valence-electron chi connectivity index (χ0n) is 9.19. The number of nitrogens with two attached hydrogens (primary N) is 1. The fraction of sp³-hybridized carbons (Fsp3) is 0.250. The van der Waals surface area contributed by atoms with E-state index in [1.54, 1.807) is 4.57 Å². The second-order valence-electron chi connectivity index (χ2n) is 3.88. The Balaban J connectivity index is 2.57. The van der Waals surface area contributed by atoms with Crippen LogP contribution in [0.15, 0.2) is 28.9 Å². The van der Waals surface area contributed by atoms with Gasteiger partial charge in [-0.1, -0.05) is 22.0 Å². The SMILES string of the molecule is NCCc1cn(CC(=O)O)c2cc(Br)ccc12. The largest absolute Gasteiger partial charge is 0.480 e. The molecule has 0 radical (unpaired) electrons. The molecule has 5 heteroatoms. The Hall–Kier alpha value is -1.33. The van der Waals surface area contributed by atoms with Gasteiger partial charge in [-0.05, 0) is 30.7 Å². The van der Waals surface area contributed by atoms with Crippen LogP contribution in [-0.2, 0) is 17.8 Å². The number of carboxylic acids is 1. The molecule has 0 atom stereocenters. The maximum absolute atomic E-state index is 10.8. The molecule has 0 amide bonds.